The highest BCUT2D eigenvalue weighted by molar-refractivity contribution is 5.85. The summed E-state index contributed by atoms with van der Waals surface area (Å²) in [6.45, 7) is 3.03. The quantitative estimate of drug-likeness (QED) is 0.806. The van der Waals surface area contributed by atoms with E-state index in [4.69, 9.17) is 0 Å². The lowest BCUT2D eigenvalue weighted by Crippen LogP contribution is -2.42. The van der Waals surface area contributed by atoms with E-state index in [0.29, 0.717) is 25.9 Å². The summed E-state index contributed by atoms with van der Waals surface area (Å²) in [5, 5.41) is 12.9. The number of rotatable bonds is 7. The van der Waals surface area contributed by atoms with Gasteiger partial charge in [0.25, 0.3) is 0 Å². The van der Waals surface area contributed by atoms with Crippen molar-refractivity contribution in [2.45, 2.75) is 51.2 Å². The topological polar surface area (TPSA) is 69.6 Å². The van der Waals surface area contributed by atoms with E-state index in [1.165, 1.54) is 0 Å². The van der Waals surface area contributed by atoms with Crippen LogP contribution in [0.15, 0.2) is 30.3 Å². The summed E-state index contributed by atoms with van der Waals surface area (Å²) < 4.78 is 0. The minimum atomic E-state index is -0.873. The fraction of sp³-hybridized carbons (Fsp3) is 0.556. The smallest absolute Gasteiger partial charge is 0.242 e. The Labute approximate surface area is 137 Å². The number of carbonyl (C=O) groups excluding carboxylic acids is 2. The van der Waals surface area contributed by atoms with E-state index >= 15 is 0 Å². The predicted octanol–water partition coefficient (Wildman–Crippen LogP) is 1.85. The number of amides is 2. The van der Waals surface area contributed by atoms with Gasteiger partial charge < -0.3 is 15.3 Å². The zero-order chi connectivity index (χ0) is 16.7. The molecule has 126 valence electrons. The lowest BCUT2D eigenvalue weighted by molar-refractivity contribution is -0.134. The predicted molar refractivity (Wildman–Crippen MR) is 88.6 cm³/mol. The van der Waals surface area contributed by atoms with Crippen molar-refractivity contribution in [1.29, 1.82) is 0 Å². The first-order valence-corrected chi connectivity index (χ1v) is 8.33. The first-order valence-electron chi connectivity index (χ1n) is 8.33. The van der Waals surface area contributed by atoms with Crippen LogP contribution in [0.1, 0.15) is 44.6 Å². The number of nitrogens with zero attached hydrogens (tertiary/aromatic N) is 1. The molecule has 0 saturated heterocycles. The molecule has 0 radical (unpaired) electrons. The zero-order valence-electron chi connectivity index (χ0n) is 13.8. The van der Waals surface area contributed by atoms with Crippen LogP contribution in [0.5, 0.6) is 0 Å². The summed E-state index contributed by atoms with van der Waals surface area (Å²) in [5.41, 5.74) is 0.191. The van der Waals surface area contributed by atoms with Crippen molar-refractivity contribution < 1.29 is 14.7 Å². The molecule has 0 aromatic heterocycles. The Hall–Kier alpha value is -1.88. The summed E-state index contributed by atoms with van der Waals surface area (Å²) in [7, 11) is 0. The Bertz CT molecular complexity index is 524. The Morgan fingerprint density at radius 3 is 2.48 bits per heavy atom. The Kier molecular flexibility index (Phi) is 6.16. The fourth-order valence-electron chi connectivity index (χ4n) is 3.04. The average molecular weight is 318 g/mol. The van der Waals surface area contributed by atoms with E-state index in [2.05, 4.69) is 5.32 Å². The zero-order valence-corrected chi connectivity index (χ0v) is 13.8. The molecule has 5 heteroatoms. The molecule has 0 heterocycles. The van der Waals surface area contributed by atoms with Crippen molar-refractivity contribution in [2.24, 2.45) is 0 Å². The van der Waals surface area contributed by atoms with Crippen molar-refractivity contribution in [3.8, 4) is 0 Å². The van der Waals surface area contributed by atoms with Crippen LogP contribution in [0.2, 0.25) is 0 Å². The molecule has 1 aromatic carbocycles. The maximum atomic E-state index is 12.2. The molecule has 2 N–H and O–H groups in total. The van der Waals surface area contributed by atoms with Crippen LogP contribution in [0.4, 0.5) is 0 Å². The lowest BCUT2D eigenvalue weighted by atomic mass is 9.98. The van der Waals surface area contributed by atoms with Crippen molar-refractivity contribution in [1.82, 2.24) is 10.2 Å². The summed E-state index contributed by atoms with van der Waals surface area (Å²) >= 11 is 0. The molecule has 0 bridgehead atoms. The maximum Gasteiger partial charge on any atom is 0.242 e. The Morgan fingerprint density at radius 1 is 1.22 bits per heavy atom. The SMILES string of the molecule is CCN(Cc1ccccc1)C(=O)CNC(=O)CC1(O)CCCC1. The van der Waals surface area contributed by atoms with E-state index in [1.807, 2.05) is 37.3 Å². The number of likely N-dealkylation sites (N-methyl/N-ethyl adjacent to an activating group) is 1. The third-order valence-electron chi connectivity index (χ3n) is 4.41. The van der Waals surface area contributed by atoms with Gasteiger partial charge in [0.05, 0.1) is 18.6 Å². The molecule has 1 aromatic rings. The maximum absolute atomic E-state index is 12.2. The Morgan fingerprint density at radius 2 is 1.87 bits per heavy atom. The van der Waals surface area contributed by atoms with Gasteiger partial charge in [0, 0.05) is 13.1 Å². The van der Waals surface area contributed by atoms with Crippen molar-refractivity contribution in [2.75, 3.05) is 13.1 Å². The van der Waals surface area contributed by atoms with E-state index in [1.54, 1.807) is 4.90 Å². The molecule has 2 rings (SSSR count). The second-order valence-electron chi connectivity index (χ2n) is 6.28. The van der Waals surface area contributed by atoms with Gasteiger partial charge in [-0.25, -0.2) is 0 Å². The molecular weight excluding hydrogens is 292 g/mol. The monoisotopic (exact) mass is 318 g/mol. The van der Waals surface area contributed by atoms with Gasteiger partial charge in [0.15, 0.2) is 0 Å². The molecule has 5 nitrogen and oxygen atoms in total. The summed E-state index contributed by atoms with van der Waals surface area (Å²) in [5.74, 6) is -0.360. The third-order valence-corrected chi connectivity index (χ3v) is 4.41. The summed E-state index contributed by atoms with van der Waals surface area (Å²) in [4.78, 5) is 25.9. The third kappa shape index (κ3) is 5.36. The molecule has 0 spiro atoms. The van der Waals surface area contributed by atoms with E-state index in [-0.39, 0.29) is 24.8 Å². The molecule has 1 aliphatic carbocycles. The highest BCUT2D eigenvalue weighted by atomic mass is 16.3. The molecule has 2 amide bonds. The molecule has 23 heavy (non-hydrogen) atoms. The first-order chi connectivity index (χ1) is 11.0. The van der Waals surface area contributed by atoms with Gasteiger partial charge in [-0.1, -0.05) is 43.2 Å². The average Bonchev–Trinajstić information content (AvgIpc) is 2.97. The molecule has 0 aliphatic heterocycles. The van der Waals surface area contributed by atoms with E-state index in [9.17, 15) is 14.7 Å². The van der Waals surface area contributed by atoms with Crippen LogP contribution < -0.4 is 5.32 Å². The van der Waals surface area contributed by atoms with E-state index < -0.39 is 5.60 Å². The molecule has 1 fully saturated rings. The largest absolute Gasteiger partial charge is 0.389 e. The summed E-state index contributed by atoms with van der Waals surface area (Å²) in [6.07, 6.45) is 3.35. The minimum Gasteiger partial charge on any atom is -0.389 e. The van der Waals surface area contributed by atoms with E-state index in [0.717, 1.165) is 18.4 Å². The number of hydrogen-bond acceptors (Lipinski definition) is 3. The van der Waals surface area contributed by atoms with Gasteiger partial charge in [0.2, 0.25) is 11.8 Å². The fourth-order valence-corrected chi connectivity index (χ4v) is 3.04. The normalized spacial score (nSPS) is 16.1. The second-order valence-corrected chi connectivity index (χ2v) is 6.28. The van der Waals surface area contributed by atoms with Gasteiger partial charge >= 0.3 is 0 Å². The van der Waals surface area contributed by atoms with Crippen LogP contribution >= 0.6 is 0 Å². The molecule has 1 aliphatic rings. The molecule has 1 saturated carbocycles. The number of benzene rings is 1. The molecule has 0 unspecified atom stereocenters. The minimum absolute atomic E-state index is 0.0183. The van der Waals surface area contributed by atoms with Gasteiger partial charge in [-0.3, -0.25) is 9.59 Å². The molecular formula is C18H26N2O3. The van der Waals surface area contributed by atoms with Crippen LogP contribution in [-0.2, 0) is 16.1 Å². The van der Waals surface area contributed by atoms with Crippen LogP contribution in [0.3, 0.4) is 0 Å². The van der Waals surface area contributed by atoms with Gasteiger partial charge in [-0.05, 0) is 25.3 Å². The first kappa shape index (κ1) is 17.5. The van der Waals surface area contributed by atoms with Gasteiger partial charge in [0.1, 0.15) is 0 Å². The highest BCUT2D eigenvalue weighted by Crippen LogP contribution is 2.32. The standard InChI is InChI=1S/C18H26N2O3/c1-2-20(14-15-8-4-3-5-9-15)17(22)13-19-16(21)12-18(23)10-6-7-11-18/h3-5,8-9,23H,2,6-7,10-14H2,1H3,(H,19,21). The highest BCUT2D eigenvalue weighted by Gasteiger charge is 2.33. The number of carbonyl (C=O) groups is 2. The lowest BCUT2D eigenvalue weighted by Gasteiger charge is -2.23. The second kappa shape index (κ2) is 8.11. The Balaban J connectivity index is 1.79. The number of nitrogens with one attached hydrogen (secondary N) is 1. The van der Waals surface area contributed by atoms with Crippen LogP contribution in [-0.4, -0.2) is 40.5 Å². The van der Waals surface area contributed by atoms with Crippen LogP contribution in [0, 0.1) is 0 Å². The number of hydrogen-bond donors (Lipinski definition) is 2. The van der Waals surface area contributed by atoms with Crippen molar-refractivity contribution in [3.05, 3.63) is 35.9 Å². The molecule has 0 atom stereocenters. The van der Waals surface area contributed by atoms with Crippen molar-refractivity contribution in [3.63, 3.8) is 0 Å². The van der Waals surface area contributed by atoms with Crippen molar-refractivity contribution >= 4 is 11.8 Å². The number of aliphatic hydroxyl groups is 1. The summed E-state index contributed by atoms with van der Waals surface area (Å²) in [6, 6.07) is 9.78. The van der Waals surface area contributed by atoms with Crippen LogP contribution in [0.25, 0.3) is 0 Å². The van der Waals surface area contributed by atoms with Gasteiger partial charge in [-0.15, -0.1) is 0 Å². The van der Waals surface area contributed by atoms with Gasteiger partial charge in [-0.2, -0.15) is 0 Å².